The van der Waals surface area contributed by atoms with Crippen molar-refractivity contribution in [2.75, 3.05) is 11.9 Å². The van der Waals surface area contributed by atoms with Gasteiger partial charge < -0.3 is 14.6 Å². The highest BCUT2D eigenvalue weighted by atomic mass is 19.1. The number of carbonyl (C=O) groups is 1. The van der Waals surface area contributed by atoms with Crippen LogP contribution in [-0.4, -0.2) is 33.0 Å². The molecular weight excluding hydrogens is 557 g/mol. The van der Waals surface area contributed by atoms with Crippen molar-refractivity contribution >= 4 is 28.7 Å². The zero-order valence-corrected chi connectivity index (χ0v) is 24.1. The summed E-state index contributed by atoms with van der Waals surface area (Å²) >= 11 is 0. The van der Waals surface area contributed by atoms with E-state index in [1.165, 1.54) is 28.9 Å². The molecule has 1 N–H and O–H groups in total. The highest BCUT2D eigenvalue weighted by Gasteiger charge is 2.14. The van der Waals surface area contributed by atoms with Crippen LogP contribution in [0.25, 0.3) is 28.0 Å². The first-order valence-corrected chi connectivity index (χ1v) is 14.0. The van der Waals surface area contributed by atoms with E-state index in [1.807, 2.05) is 80.6 Å². The Hall–Kier alpha value is -5.83. The summed E-state index contributed by atoms with van der Waals surface area (Å²) in [5.41, 5.74) is 5.30. The highest BCUT2D eigenvalue weighted by molar-refractivity contribution is 5.91. The molecule has 0 bridgehead atoms. The molecule has 0 aliphatic heterocycles. The molecule has 44 heavy (non-hydrogen) atoms. The Kier molecular flexibility index (Phi) is 7.84. The maximum absolute atomic E-state index is 13.5. The van der Waals surface area contributed by atoms with E-state index in [0.29, 0.717) is 28.2 Å². The average Bonchev–Trinajstić information content (AvgIpc) is 3.33. The van der Waals surface area contributed by atoms with Gasteiger partial charge in [0.25, 0.3) is 11.5 Å². The zero-order chi connectivity index (χ0) is 30.6. The molecule has 0 radical (unpaired) electrons. The fourth-order valence-electron chi connectivity index (χ4n) is 5.01. The van der Waals surface area contributed by atoms with Gasteiger partial charge in [0.2, 0.25) is 0 Å². The summed E-state index contributed by atoms with van der Waals surface area (Å²) in [5.74, 6) is 0.268. The van der Waals surface area contributed by atoms with Gasteiger partial charge in [0.05, 0.1) is 17.1 Å². The second-order valence-electron chi connectivity index (χ2n) is 10.2. The first-order chi connectivity index (χ1) is 21.4. The average molecular weight is 586 g/mol. The van der Waals surface area contributed by atoms with E-state index in [0.717, 1.165) is 28.2 Å². The Bertz CT molecular complexity index is 2050. The van der Waals surface area contributed by atoms with Crippen LogP contribution >= 0.6 is 0 Å². The second-order valence-corrected chi connectivity index (χ2v) is 10.2. The van der Waals surface area contributed by atoms with Crippen LogP contribution in [0.2, 0.25) is 0 Å². The molecule has 0 spiro atoms. The Morgan fingerprint density at radius 3 is 2.39 bits per heavy atom. The first-order valence-electron chi connectivity index (χ1n) is 14.0. The number of rotatable bonds is 8. The van der Waals surface area contributed by atoms with E-state index in [9.17, 15) is 14.0 Å². The molecule has 0 unspecified atom stereocenters. The van der Waals surface area contributed by atoms with Gasteiger partial charge in [-0.15, -0.1) is 0 Å². The first kappa shape index (κ1) is 28.3. The van der Waals surface area contributed by atoms with Gasteiger partial charge in [-0.2, -0.15) is 9.78 Å². The number of anilines is 1. The number of carbonyl (C=O) groups excluding carboxylic acids is 1. The van der Waals surface area contributed by atoms with Crippen molar-refractivity contribution in [1.29, 1.82) is 0 Å². The molecule has 6 aromatic rings. The van der Waals surface area contributed by atoms with Gasteiger partial charge in [0.15, 0.2) is 12.4 Å². The lowest BCUT2D eigenvalue weighted by atomic mass is 10.2. The van der Waals surface area contributed by atoms with E-state index >= 15 is 0 Å². The molecule has 4 aromatic carbocycles. The number of ether oxygens (including phenoxy) is 1. The standard InChI is InChI=1S/C35H28FN5O3/c1-23-20-26(21-37-41-34(25-8-4-3-5-9-25)39-32-11-7-6-10-31(32)35(41)43)24(2)40(23)29-16-18-30(19-17-29)44-22-33(42)38-28-14-12-27(36)13-15-28/h3-21H,22H2,1-2H3,(H,38,42). The van der Waals surface area contributed by atoms with Crippen molar-refractivity contribution in [2.24, 2.45) is 5.10 Å². The number of fused-ring (bicyclic) bond motifs is 1. The lowest BCUT2D eigenvalue weighted by Gasteiger charge is -2.12. The smallest absolute Gasteiger partial charge is 0.282 e. The fraction of sp³-hybridized carbons (Fsp3) is 0.0857. The van der Waals surface area contributed by atoms with Crippen molar-refractivity contribution in [2.45, 2.75) is 13.8 Å². The summed E-state index contributed by atoms with van der Waals surface area (Å²) in [6, 6.07) is 31.7. The number of aryl methyl sites for hydroxylation is 1. The van der Waals surface area contributed by atoms with Gasteiger partial charge >= 0.3 is 0 Å². The van der Waals surface area contributed by atoms with E-state index < -0.39 is 0 Å². The number of nitrogens with zero attached hydrogens (tertiary/aromatic N) is 4. The van der Waals surface area contributed by atoms with Crippen molar-refractivity contribution in [1.82, 2.24) is 14.2 Å². The van der Waals surface area contributed by atoms with Crippen LogP contribution in [0.15, 0.2) is 119 Å². The molecule has 0 atom stereocenters. The third-order valence-corrected chi connectivity index (χ3v) is 7.16. The van der Waals surface area contributed by atoms with Crippen molar-refractivity contribution in [3.05, 3.63) is 142 Å². The third-order valence-electron chi connectivity index (χ3n) is 7.16. The van der Waals surface area contributed by atoms with Crippen LogP contribution < -0.4 is 15.6 Å². The minimum absolute atomic E-state index is 0.188. The predicted molar refractivity (Wildman–Crippen MR) is 170 cm³/mol. The Balaban J connectivity index is 1.23. The summed E-state index contributed by atoms with van der Waals surface area (Å²) < 4.78 is 22.2. The molecule has 8 nitrogen and oxygen atoms in total. The molecule has 2 aromatic heterocycles. The van der Waals surface area contributed by atoms with E-state index in [-0.39, 0.29) is 23.9 Å². The number of hydrogen-bond acceptors (Lipinski definition) is 5. The van der Waals surface area contributed by atoms with Crippen LogP contribution in [0.3, 0.4) is 0 Å². The minimum Gasteiger partial charge on any atom is -0.484 e. The van der Waals surface area contributed by atoms with Crippen LogP contribution in [-0.2, 0) is 4.79 Å². The van der Waals surface area contributed by atoms with E-state index in [2.05, 4.69) is 15.0 Å². The van der Waals surface area contributed by atoms with Gasteiger partial charge in [0.1, 0.15) is 11.6 Å². The molecule has 0 aliphatic carbocycles. The lowest BCUT2D eigenvalue weighted by molar-refractivity contribution is -0.118. The van der Waals surface area contributed by atoms with E-state index in [4.69, 9.17) is 9.72 Å². The van der Waals surface area contributed by atoms with Crippen molar-refractivity contribution < 1.29 is 13.9 Å². The number of benzene rings is 4. The van der Waals surface area contributed by atoms with Gasteiger partial charge in [-0.25, -0.2) is 9.37 Å². The minimum atomic E-state index is -0.373. The molecule has 218 valence electrons. The molecular formula is C35H28FN5O3. The maximum atomic E-state index is 13.5. The molecule has 6 rings (SSSR count). The molecule has 0 saturated heterocycles. The quantitative estimate of drug-likeness (QED) is 0.206. The molecule has 0 fully saturated rings. The Morgan fingerprint density at radius 1 is 0.932 bits per heavy atom. The lowest BCUT2D eigenvalue weighted by Crippen LogP contribution is -2.20. The number of halogens is 1. The monoisotopic (exact) mass is 585 g/mol. The van der Waals surface area contributed by atoms with Crippen LogP contribution in [0, 0.1) is 19.7 Å². The summed E-state index contributed by atoms with van der Waals surface area (Å²) in [6.45, 7) is 3.79. The normalized spacial score (nSPS) is 11.2. The summed E-state index contributed by atoms with van der Waals surface area (Å²) in [5, 5.41) is 7.79. The number of amides is 1. The summed E-state index contributed by atoms with van der Waals surface area (Å²) in [7, 11) is 0. The number of hydrogen-bond donors (Lipinski definition) is 1. The van der Waals surface area contributed by atoms with Crippen molar-refractivity contribution in [3.63, 3.8) is 0 Å². The van der Waals surface area contributed by atoms with Crippen LogP contribution in [0.1, 0.15) is 17.0 Å². The second kappa shape index (κ2) is 12.2. The molecule has 1 amide bonds. The van der Waals surface area contributed by atoms with Gasteiger partial charge in [-0.05, 0) is 80.6 Å². The predicted octanol–water partition coefficient (Wildman–Crippen LogP) is 6.51. The molecule has 0 saturated carbocycles. The Morgan fingerprint density at radius 2 is 1.64 bits per heavy atom. The molecule has 0 aliphatic rings. The number of nitrogens with one attached hydrogen (secondary N) is 1. The van der Waals surface area contributed by atoms with Gasteiger partial charge in [-0.1, -0.05) is 42.5 Å². The van der Waals surface area contributed by atoms with E-state index in [1.54, 1.807) is 24.4 Å². The van der Waals surface area contributed by atoms with Crippen LogP contribution in [0.5, 0.6) is 5.75 Å². The Labute approximate surface area is 252 Å². The zero-order valence-electron chi connectivity index (χ0n) is 24.1. The van der Waals surface area contributed by atoms with Crippen LogP contribution in [0.4, 0.5) is 10.1 Å². The topological polar surface area (TPSA) is 90.5 Å². The fourth-order valence-corrected chi connectivity index (χ4v) is 5.01. The largest absolute Gasteiger partial charge is 0.484 e. The van der Waals surface area contributed by atoms with Gasteiger partial charge in [0, 0.05) is 33.9 Å². The summed E-state index contributed by atoms with van der Waals surface area (Å²) in [4.78, 5) is 30.5. The SMILES string of the molecule is Cc1cc(C=Nn2c(-c3ccccc3)nc3ccccc3c2=O)c(C)n1-c1ccc(OCC(=O)Nc2ccc(F)cc2)cc1. The number of para-hydroxylation sites is 1. The highest BCUT2D eigenvalue weighted by Crippen LogP contribution is 2.23. The third kappa shape index (κ3) is 5.89. The maximum Gasteiger partial charge on any atom is 0.282 e. The number of aromatic nitrogens is 3. The van der Waals surface area contributed by atoms with Crippen molar-refractivity contribution in [3.8, 4) is 22.8 Å². The van der Waals surface area contributed by atoms with Gasteiger partial charge in [-0.3, -0.25) is 9.59 Å². The molecule has 2 heterocycles. The molecule has 9 heteroatoms. The summed E-state index contributed by atoms with van der Waals surface area (Å²) in [6.07, 6.45) is 1.68.